The smallest absolute Gasteiger partial charge is 0.279 e. The molecule has 0 fully saturated rings. The Hall–Kier alpha value is -0.950. The van der Waals surface area contributed by atoms with E-state index in [4.69, 9.17) is 5.11 Å². The summed E-state index contributed by atoms with van der Waals surface area (Å²) in [6.07, 6.45) is 0. The molecule has 1 rings (SSSR count). The lowest BCUT2D eigenvalue weighted by Gasteiger charge is -2.18. The molecule has 0 spiro atoms. The first-order chi connectivity index (χ1) is 8.53. The zero-order chi connectivity index (χ0) is 13.6. The summed E-state index contributed by atoms with van der Waals surface area (Å²) < 4.78 is 27.6. The van der Waals surface area contributed by atoms with Crippen LogP contribution < -0.4 is 4.72 Å². The van der Waals surface area contributed by atoms with Gasteiger partial charge < -0.3 is 5.11 Å². The van der Waals surface area contributed by atoms with Crippen LogP contribution in [0.25, 0.3) is 0 Å². The Morgan fingerprint density at radius 3 is 2.06 bits per heavy atom. The molecule has 0 unspecified atom stereocenters. The standard InChI is InChI=1S/C12H20N2O3S/c1-3-14(4-2)18(16,17)13-9-11-5-7-12(10-15)8-6-11/h5-8,13,15H,3-4,9-10H2,1-2H3. The molecular weight excluding hydrogens is 252 g/mol. The fraction of sp³-hybridized carbons (Fsp3) is 0.500. The second-order valence-corrected chi connectivity index (χ2v) is 5.64. The van der Waals surface area contributed by atoms with Crippen molar-refractivity contribution in [3.8, 4) is 0 Å². The van der Waals surface area contributed by atoms with Gasteiger partial charge in [0.15, 0.2) is 0 Å². The first-order valence-corrected chi connectivity index (χ1v) is 7.41. The third kappa shape index (κ3) is 4.06. The van der Waals surface area contributed by atoms with Crippen LogP contribution in [0.4, 0.5) is 0 Å². The lowest BCUT2D eigenvalue weighted by molar-refractivity contribution is 0.282. The van der Waals surface area contributed by atoms with Gasteiger partial charge in [-0.2, -0.15) is 17.4 Å². The first-order valence-electron chi connectivity index (χ1n) is 5.96. The number of nitrogens with zero attached hydrogens (tertiary/aromatic N) is 1. The minimum absolute atomic E-state index is 0.00848. The summed E-state index contributed by atoms with van der Waals surface area (Å²) in [5, 5.41) is 8.91. The fourth-order valence-corrected chi connectivity index (χ4v) is 2.80. The molecule has 5 nitrogen and oxygen atoms in total. The van der Waals surface area contributed by atoms with E-state index in [0.29, 0.717) is 13.1 Å². The van der Waals surface area contributed by atoms with E-state index in [0.717, 1.165) is 11.1 Å². The Balaban J connectivity index is 2.63. The van der Waals surface area contributed by atoms with Gasteiger partial charge in [0.2, 0.25) is 0 Å². The summed E-state index contributed by atoms with van der Waals surface area (Å²) in [5.41, 5.74) is 1.67. The van der Waals surface area contributed by atoms with Crippen molar-refractivity contribution < 1.29 is 13.5 Å². The predicted molar refractivity (Wildman–Crippen MR) is 71.0 cm³/mol. The monoisotopic (exact) mass is 272 g/mol. The summed E-state index contributed by atoms with van der Waals surface area (Å²) in [6, 6.07) is 7.16. The van der Waals surface area contributed by atoms with Crippen LogP contribution in [-0.2, 0) is 23.4 Å². The number of aliphatic hydroxyl groups is 1. The Bertz CT molecular complexity index is 453. The molecule has 18 heavy (non-hydrogen) atoms. The largest absolute Gasteiger partial charge is 0.392 e. The maximum Gasteiger partial charge on any atom is 0.279 e. The maximum absolute atomic E-state index is 11.9. The molecule has 1 aromatic rings. The molecule has 0 atom stereocenters. The molecule has 6 heteroatoms. The number of hydrogen-bond acceptors (Lipinski definition) is 3. The Morgan fingerprint density at radius 1 is 1.11 bits per heavy atom. The molecule has 0 radical (unpaired) electrons. The molecular formula is C12H20N2O3S. The van der Waals surface area contributed by atoms with Gasteiger partial charge in [-0.1, -0.05) is 38.1 Å². The van der Waals surface area contributed by atoms with Crippen LogP contribution >= 0.6 is 0 Å². The summed E-state index contributed by atoms with van der Waals surface area (Å²) in [5.74, 6) is 0. The third-order valence-electron chi connectivity index (χ3n) is 2.71. The van der Waals surface area contributed by atoms with Gasteiger partial charge >= 0.3 is 0 Å². The van der Waals surface area contributed by atoms with Crippen molar-refractivity contribution >= 4 is 10.2 Å². The van der Waals surface area contributed by atoms with Gasteiger partial charge in [0.05, 0.1) is 6.61 Å². The zero-order valence-corrected chi connectivity index (χ0v) is 11.6. The van der Waals surface area contributed by atoms with E-state index in [2.05, 4.69) is 4.72 Å². The third-order valence-corrected chi connectivity index (χ3v) is 4.41. The average molecular weight is 272 g/mol. The van der Waals surface area contributed by atoms with E-state index in [1.54, 1.807) is 38.1 Å². The molecule has 0 saturated carbocycles. The minimum atomic E-state index is -3.40. The van der Waals surface area contributed by atoms with E-state index in [9.17, 15) is 8.42 Å². The van der Waals surface area contributed by atoms with Crippen LogP contribution in [0.3, 0.4) is 0 Å². The van der Waals surface area contributed by atoms with E-state index in [1.807, 2.05) is 0 Å². The molecule has 0 aliphatic rings. The van der Waals surface area contributed by atoms with Crippen molar-refractivity contribution in [2.24, 2.45) is 0 Å². The van der Waals surface area contributed by atoms with Crippen LogP contribution in [-0.4, -0.2) is 30.9 Å². The fourth-order valence-electron chi connectivity index (χ4n) is 1.59. The van der Waals surface area contributed by atoms with Crippen molar-refractivity contribution in [3.05, 3.63) is 35.4 Å². The SMILES string of the molecule is CCN(CC)S(=O)(=O)NCc1ccc(CO)cc1. The highest BCUT2D eigenvalue weighted by Gasteiger charge is 2.17. The Morgan fingerprint density at radius 2 is 1.61 bits per heavy atom. The van der Waals surface area contributed by atoms with Crippen LogP contribution in [0, 0.1) is 0 Å². The van der Waals surface area contributed by atoms with Crippen LogP contribution in [0.5, 0.6) is 0 Å². The second-order valence-electron chi connectivity index (χ2n) is 3.89. The highest BCUT2D eigenvalue weighted by molar-refractivity contribution is 7.87. The average Bonchev–Trinajstić information content (AvgIpc) is 2.38. The molecule has 0 aliphatic carbocycles. The number of nitrogens with one attached hydrogen (secondary N) is 1. The molecule has 0 bridgehead atoms. The molecule has 0 aromatic heterocycles. The van der Waals surface area contributed by atoms with Crippen molar-refractivity contribution in [3.63, 3.8) is 0 Å². The normalized spacial score (nSPS) is 12.0. The van der Waals surface area contributed by atoms with E-state index in [-0.39, 0.29) is 13.2 Å². The quantitative estimate of drug-likeness (QED) is 0.773. The number of aliphatic hydroxyl groups excluding tert-OH is 1. The van der Waals surface area contributed by atoms with Crippen molar-refractivity contribution in [1.82, 2.24) is 9.03 Å². The minimum Gasteiger partial charge on any atom is -0.392 e. The maximum atomic E-state index is 11.9. The summed E-state index contributed by atoms with van der Waals surface area (Å²) in [4.78, 5) is 0. The number of hydrogen-bond donors (Lipinski definition) is 2. The summed E-state index contributed by atoms with van der Waals surface area (Å²) >= 11 is 0. The van der Waals surface area contributed by atoms with Gasteiger partial charge in [0.25, 0.3) is 10.2 Å². The molecule has 0 amide bonds. The van der Waals surface area contributed by atoms with E-state index >= 15 is 0 Å². The van der Waals surface area contributed by atoms with Gasteiger partial charge in [-0.05, 0) is 11.1 Å². The van der Waals surface area contributed by atoms with Crippen LogP contribution in [0.2, 0.25) is 0 Å². The van der Waals surface area contributed by atoms with Crippen molar-refractivity contribution in [2.45, 2.75) is 27.0 Å². The van der Waals surface area contributed by atoms with Gasteiger partial charge in [-0.25, -0.2) is 0 Å². The molecule has 102 valence electrons. The highest BCUT2D eigenvalue weighted by atomic mass is 32.2. The number of rotatable bonds is 7. The van der Waals surface area contributed by atoms with Gasteiger partial charge in [-0.15, -0.1) is 0 Å². The topological polar surface area (TPSA) is 69.6 Å². The van der Waals surface area contributed by atoms with Crippen LogP contribution in [0.1, 0.15) is 25.0 Å². The van der Waals surface area contributed by atoms with Crippen LogP contribution in [0.15, 0.2) is 24.3 Å². The van der Waals surface area contributed by atoms with Gasteiger partial charge in [0.1, 0.15) is 0 Å². The highest BCUT2D eigenvalue weighted by Crippen LogP contribution is 2.05. The van der Waals surface area contributed by atoms with Gasteiger partial charge in [0, 0.05) is 19.6 Å². The molecule has 1 aromatic carbocycles. The lowest BCUT2D eigenvalue weighted by atomic mass is 10.1. The van der Waals surface area contributed by atoms with Gasteiger partial charge in [-0.3, -0.25) is 0 Å². The predicted octanol–water partition coefficient (Wildman–Crippen LogP) is 0.855. The van der Waals surface area contributed by atoms with E-state index < -0.39 is 10.2 Å². The lowest BCUT2D eigenvalue weighted by Crippen LogP contribution is -2.40. The molecule has 2 N–H and O–H groups in total. The summed E-state index contributed by atoms with van der Waals surface area (Å²) in [7, 11) is -3.40. The zero-order valence-electron chi connectivity index (χ0n) is 10.8. The Labute approximate surface area is 109 Å². The van der Waals surface area contributed by atoms with Crippen molar-refractivity contribution in [1.29, 1.82) is 0 Å². The molecule has 0 aliphatic heterocycles. The van der Waals surface area contributed by atoms with E-state index in [1.165, 1.54) is 4.31 Å². The molecule has 0 saturated heterocycles. The first kappa shape index (κ1) is 15.1. The summed E-state index contributed by atoms with van der Waals surface area (Å²) in [6.45, 7) is 4.76. The second kappa shape index (κ2) is 6.84. The van der Waals surface area contributed by atoms with Crippen molar-refractivity contribution in [2.75, 3.05) is 13.1 Å². The molecule has 0 heterocycles. The Kier molecular flexibility index (Phi) is 5.74. The number of benzene rings is 1.